The average molecular weight is 558 g/mol. The summed E-state index contributed by atoms with van der Waals surface area (Å²) in [6.07, 6.45) is -1.68. The number of hydrogen-bond acceptors (Lipinski definition) is 8. The van der Waals surface area contributed by atoms with Crippen molar-refractivity contribution in [2.75, 3.05) is 19.6 Å². The number of benzene rings is 1. The van der Waals surface area contributed by atoms with Gasteiger partial charge in [-0.2, -0.15) is 0 Å². The number of nitrogens with one attached hydrogen (secondary N) is 3. The van der Waals surface area contributed by atoms with Gasteiger partial charge < -0.3 is 30.5 Å². The first-order valence-corrected chi connectivity index (χ1v) is 13.4. The molecule has 1 aromatic carbocycles. The summed E-state index contributed by atoms with van der Waals surface area (Å²) in [6.45, 7) is 1.66. The van der Waals surface area contributed by atoms with Gasteiger partial charge in [-0.1, -0.05) is 30.3 Å². The van der Waals surface area contributed by atoms with Crippen molar-refractivity contribution in [2.45, 2.75) is 69.1 Å². The van der Waals surface area contributed by atoms with E-state index in [2.05, 4.69) is 15.6 Å². The number of ether oxygens (including phenoxy) is 1. The Hall–Kier alpha value is -3.81. The van der Waals surface area contributed by atoms with Crippen molar-refractivity contribution in [3.05, 3.63) is 69.0 Å². The molecule has 2 fully saturated rings. The number of hydrogen-bond donors (Lipinski definition) is 5. The monoisotopic (exact) mass is 557 g/mol. The van der Waals surface area contributed by atoms with E-state index in [-0.39, 0.29) is 31.1 Å². The third kappa shape index (κ3) is 7.43. The van der Waals surface area contributed by atoms with Crippen LogP contribution in [0.1, 0.15) is 43.9 Å². The number of likely N-dealkylation sites (tertiary alicyclic amines) is 1. The van der Waals surface area contributed by atoms with Crippen LogP contribution in [-0.4, -0.2) is 86.4 Å². The van der Waals surface area contributed by atoms with Crippen molar-refractivity contribution >= 4 is 17.7 Å². The number of rotatable bonds is 12. The lowest BCUT2D eigenvalue weighted by Crippen LogP contribution is -2.48. The molecule has 3 heterocycles. The maximum Gasteiger partial charge on any atom is 0.330 e. The summed E-state index contributed by atoms with van der Waals surface area (Å²) >= 11 is 0. The van der Waals surface area contributed by atoms with E-state index < -0.39 is 47.7 Å². The summed E-state index contributed by atoms with van der Waals surface area (Å²) < 4.78 is 6.63. The zero-order valence-corrected chi connectivity index (χ0v) is 22.0. The zero-order valence-electron chi connectivity index (χ0n) is 22.0. The van der Waals surface area contributed by atoms with Gasteiger partial charge in [0.15, 0.2) is 6.23 Å². The fourth-order valence-corrected chi connectivity index (χ4v) is 4.97. The summed E-state index contributed by atoms with van der Waals surface area (Å²) in [4.78, 5) is 64.9. The van der Waals surface area contributed by atoms with Gasteiger partial charge in [-0.05, 0) is 24.8 Å². The van der Waals surface area contributed by atoms with Crippen molar-refractivity contribution in [2.24, 2.45) is 0 Å². The van der Waals surface area contributed by atoms with Gasteiger partial charge in [0.2, 0.25) is 17.7 Å². The first-order valence-electron chi connectivity index (χ1n) is 13.4. The Balaban J connectivity index is 1.31. The standard InChI is InChI=1S/C27H35N5O8/c33-20(10-9-19-23(36)24(37)26(40-19)32-15-11-21(34)30-27(32)39)29-18(16-17-6-2-1-3-7-17)25(38)28-12-5-14-31-13-4-8-22(31)35/h1-3,6-7,11,15,18-19,23-24,26,36-37H,4-5,8-10,12-14,16H2,(H,28,38)(H,29,33)(H,30,34,39)/t18-,19-,23-,24-,26-/m1/s1. The van der Waals surface area contributed by atoms with Gasteiger partial charge in [0, 0.05) is 51.2 Å². The van der Waals surface area contributed by atoms with Crippen molar-refractivity contribution in [1.82, 2.24) is 25.1 Å². The Morgan fingerprint density at radius 1 is 1.10 bits per heavy atom. The second-order valence-corrected chi connectivity index (χ2v) is 10.0. The lowest BCUT2D eigenvalue weighted by atomic mass is 10.0. The van der Waals surface area contributed by atoms with Crippen LogP contribution < -0.4 is 21.9 Å². The first kappa shape index (κ1) is 29.2. The van der Waals surface area contributed by atoms with Gasteiger partial charge >= 0.3 is 5.69 Å². The van der Waals surface area contributed by atoms with E-state index in [1.54, 1.807) is 4.90 Å². The van der Waals surface area contributed by atoms with E-state index in [0.29, 0.717) is 25.9 Å². The Labute approximate surface area is 230 Å². The van der Waals surface area contributed by atoms with E-state index >= 15 is 0 Å². The predicted octanol–water partition coefficient (Wildman–Crippen LogP) is -1.21. The number of H-pyrrole nitrogens is 1. The number of carbonyl (C=O) groups is 3. The maximum absolute atomic E-state index is 13.0. The summed E-state index contributed by atoms with van der Waals surface area (Å²) in [5.74, 6) is -0.676. The van der Waals surface area contributed by atoms with Crippen LogP contribution in [-0.2, 0) is 25.5 Å². The highest BCUT2D eigenvalue weighted by molar-refractivity contribution is 5.87. The highest BCUT2D eigenvalue weighted by atomic mass is 16.6. The van der Waals surface area contributed by atoms with Gasteiger partial charge in [0.05, 0.1) is 6.10 Å². The molecular weight excluding hydrogens is 522 g/mol. The van der Waals surface area contributed by atoms with E-state index in [9.17, 15) is 34.2 Å². The fraction of sp³-hybridized carbons (Fsp3) is 0.519. The normalized spacial score (nSPS) is 23.2. The third-order valence-electron chi connectivity index (χ3n) is 7.13. The van der Waals surface area contributed by atoms with E-state index in [4.69, 9.17) is 4.74 Å². The molecule has 4 rings (SSSR count). The van der Waals surface area contributed by atoms with Gasteiger partial charge in [-0.25, -0.2) is 4.79 Å². The second-order valence-electron chi connectivity index (χ2n) is 10.0. The molecule has 5 atom stereocenters. The molecule has 0 radical (unpaired) electrons. The maximum atomic E-state index is 13.0. The van der Waals surface area contributed by atoms with E-state index in [1.165, 1.54) is 0 Å². The molecule has 13 heteroatoms. The molecule has 2 aliphatic rings. The van der Waals surface area contributed by atoms with Gasteiger partial charge in [-0.3, -0.25) is 28.7 Å². The molecule has 216 valence electrons. The van der Waals surface area contributed by atoms with E-state index in [1.807, 2.05) is 30.3 Å². The zero-order chi connectivity index (χ0) is 28.6. The molecular formula is C27H35N5O8. The minimum atomic E-state index is -1.45. The van der Waals surface area contributed by atoms with E-state index in [0.717, 1.165) is 35.4 Å². The number of aromatic nitrogens is 2. The number of amides is 3. The summed E-state index contributed by atoms with van der Waals surface area (Å²) in [5, 5.41) is 26.4. The number of aliphatic hydroxyl groups is 2. The second kappa shape index (κ2) is 13.5. The van der Waals surface area contributed by atoms with Crippen molar-refractivity contribution in [3.63, 3.8) is 0 Å². The molecule has 0 unspecified atom stereocenters. The number of aliphatic hydroxyl groups excluding tert-OH is 2. The lowest BCUT2D eigenvalue weighted by molar-refractivity contribution is -0.129. The number of nitrogens with zero attached hydrogens (tertiary/aromatic N) is 2. The Morgan fingerprint density at radius 3 is 2.58 bits per heavy atom. The van der Waals surface area contributed by atoms with Gasteiger partial charge in [0.1, 0.15) is 18.2 Å². The van der Waals surface area contributed by atoms with Crippen LogP contribution in [0.3, 0.4) is 0 Å². The molecule has 0 aliphatic carbocycles. The molecule has 0 saturated carbocycles. The summed E-state index contributed by atoms with van der Waals surface area (Å²) in [6, 6.07) is 9.49. The van der Waals surface area contributed by atoms with Crippen molar-refractivity contribution in [1.29, 1.82) is 0 Å². The molecule has 0 bridgehead atoms. The number of carbonyl (C=O) groups excluding carboxylic acids is 3. The Bertz CT molecular complexity index is 1300. The van der Waals surface area contributed by atoms with Crippen LogP contribution in [0.15, 0.2) is 52.2 Å². The van der Waals surface area contributed by atoms with Crippen LogP contribution in [0.5, 0.6) is 0 Å². The Morgan fingerprint density at radius 2 is 1.88 bits per heavy atom. The topological polar surface area (TPSA) is 183 Å². The largest absolute Gasteiger partial charge is 0.388 e. The molecule has 2 aliphatic heterocycles. The molecule has 3 amide bonds. The minimum Gasteiger partial charge on any atom is -0.388 e. The van der Waals surface area contributed by atoms with Crippen LogP contribution >= 0.6 is 0 Å². The van der Waals surface area contributed by atoms with Crippen LogP contribution in [0, 0.1) is 0 Å². The highest BCUT2D eigenvalue weighted by Gasteiger charge is 2.44. The van der Waals surface area contributed by atoms with Crippen LogP contribution in [0.25, 0.3) is 0 Å². The van der Waals surface area contributed by atoms with Crippen LogP contribution in [0.2, 0.25) is 0 Å². The molecule has 5 N–H and O–H groups in total. The molecule has 0 spiro atoms. The quantitative estimate of drug-likeness (QED) is 0.201. The molecule has 40 heavy (non-hydrogen) atoms. The first-order chi connectivity index (χ1) is 19.2. The molecule has 13 nitrogen and oxygen atoms in total. The average Bonchev–Trinajstić information content (AvgIpc) is 3.47. The molecule has 2 aromatic rings. The summed E-state index contributed by atoms with van der Waals surface area (Å²) in [5.41, 5.74) is -0.556. The summed E-state index contributed by atoms with van der Waals surface area (Å²) in [7, 11) is 0. The Kier molecular flexibility index (Phi) is 9.85. The molecule has 2 saturated heterocycles. The van der Waals surface area contributed by atoms with Gasteiger partial charge in [0.25, 0.3) is 5.56 Å². The SMILES string of the molecule is O=C(CC[C@H]1O[C@@H](n2ccc(=O)[nH]c2=O)[C@H](O)[C@@H]1O)N[C@H](Cc1ccccc1)C(=O)NCCCN1CCCC1=O. The smallest absolute Gasteiger partial charge is 0.330 e. The van der Waals surface area contributed by atoms with Crippen molar-refractivity contribution < 1.29 is 29.3 Å². The number of aromatic amines is 1. The molecule has 1 aromatic heterocycles. The third-order valence-corrected chi connectivity index (χ3v) is 7.13. The lowest BCUT2D eigenvalue weighted by Gasteiger charge is -2.20. The highest BCUT2D eigenvalue weighted by Crippen LogP contribution is 2.30. The van der Waals surface area contributed by atoms with Crippen LogP contribution in [0.4, 0.5) is 0 Å². The minimum absolute atomic E-state index is 0.0161. The predicted molar refractivity (Wildman–Crippen MR) is 142 cm³/mol. The van der Waals surface area contributed by atoms with Crippen molar-refractivity contribution in [3.8, 4) is 0 Å². The van der Waals surface area contributed by atoms with Gasteiger partial charge in [-0.15, -0.1) is 0 Å². The fourth-order valence-electron chi connectivity index (χ4n) is 4.97.